The van der Waals surface area contributed by atoms with E-state index < -0.39 is 0 Å². The Morgan fingerprint density at radius 3 is 2.10 bits per heavy atom. The topological polar surface area (TPSA) is 46.2 Å². The molecule has 2 aromatic rings. The lowest BCUT2D eigenvalue weighted by molar-refractivity contribution is 0.0904. The summed E-state index contributed by atoms with van der Waals surface area (Å²) in [5.41, 5.74) is 2.23. The van der Waals surface area contributed by atoms with Crippen LogP contribution >= 0.6 is 15.9 Å². The van der Waals surface area contributed by atoms with Gasteiger partial charge in [-0.3, -0.25) is 9.59 Å². The summed E-state index contributed by atoms with van der Waals surface area (Å²) in [6, 6.07) is 14.3. The maximum absolute atomic E-state index is 11.9. The van der Waals surface area contributed by atoms with Crippen LogP contribution in [0.1, 0.15) is 26.3 Å². The quantitative estimate of drug-likeness (QED) is 0.873. The number of hydrogen-bond donors (Lipinski definition) is 1. The summed E-state index contributed by atoms with van der Waals surface area (Å²) >= 11 is 3.31. The summed E-state index contributed by atoms with van der Waals surface area (Å²) < 4.78 is 0.907. The third-order valence-electron chi connectivity index (χ3n) is 2.89. The van der Waals surface area contributed by atoms with Crippen LogP contribution < -0.4 is 5.32 Å². The number of Topliss-reactive ketones (excluding diaryl/α,β-unsaturated/α-hetero) is 1. The van der Waals surface area contributed by atoms with Crippen LogP contribution in [0.4, 0.5) is 0 Å². The van der Waals surface area contributed by atoms with Crippen LogP contribution in [-0.2, 0) is 0 Å². The molecular weight excluding hydrogens is 318 g/mol. The highest BCUT2D eigenvalue weighted by Gasteiger charge is 2.09. The minimum absolute atomic E-state index is 0.00203. The van der Waals surface area contributed by atoms with E-state index >= 15 is 0 Å². The molecule has 0 fully saturated rings. The summed E-state index contributed by atoms with van der Waals surface area (Å²) in [6.45, 7) is 1.96. The van der Waals surface area contributed by atoms with Gasteiger partial charge in [-0.1, -0.05) is 45.8 Å². The second-order valence-corrected chi connectivity index (χ2v) is 5.39. The van der Waals surface area contributed by atoms with E-state index in [-0.39, 0.29) is 18.2 Å². The number of hydrogen-bond acceptors (Lipinski definition) is 2. The average Bonchev–Trinajstić information content (AvgIpc) is 2.46. The monoisotopic (exact) mass is 331 g/mol. The molecule has 0 saturated carbocycles. The first kappa shape index (κ1) is 14.5. The minimum Gasteiger partial charge on any atom is -0.345 e. The van der Waals surface area contributed by atoms with Crippen molar-refractivity contribution in [2.75, 3.05) is 6.54 Å². The van der Waals surface area contributed by atoms with Crippen LogP contribution in [0, 0.1) is 6.92 Å². The lowest BCUT2D eigenvalue weighted by atomic mass is 10.1. The number of carbonyl (C=O) groups is 2. The zero-order valence-electron chi connectivity index (χ0n) is 11.0. The van der Waals surface area contributed by atoms with E-state index in [1.165, 1.54) is 0 Å². The molecule has 1 amide bonds. The van der Waals surface area contributed by atoms with E-state index in [2.05, 4.69) is 21.2 Å². The highest BCUT2D eigenvalue weighted by atomic mass is 79.9. The van der Waals surface area contributed by atoms with Gasteiger partial charge < -0.3 is 5.32 Å². The molecule has 0 spiro atoms. The Bertz CT molecular complexity index is 560. The van der Waals surface area contributed by atoms with Gasteiger partial charge in [0, 0.05) is 15.6 Å². The predicted octanol–water partition coefficient (Wildman–Crippen LogP) is 3.37. The Labute approximate surface area is 126 Å². The molecule has 0 bridgehead atoms. The molecule has 0 aliphatic carbocycles. The van der Waals surface area contributed by atoms with Crippen LogP contribution in [-0.4, -0.2) is 18.2 Å². The van der Waals surface area contributed by atoms with Crippen LogP contribution in [0.3, 0.4) is 0 Å². The molecule has 0 atom stereocenters. The zero-order chi connectivity index (χ0) is 14.5. The van der Waals surface area contributed by atoms with E-state index in [1.807, 2.05) is 19.1 Å². The SMILES string of the molecule is Cc1ccc(C(=O)CNC(=O)c2ccc(Br)cc2)cc1. The molecule has 0 heterocycles. The minimum atomic E-state index is -0.252. The van der Waals surface area contributed by atoms with Crippen molar-refractivity contribution in [2.24, 2.45) is 0 Å². The number of aryl methyl sites for hydroxylation is 1. The maximum atomic E-state index is 11.9. The Morgan fingerprint density at radius 1 is 0.950 bits per heavy atom. The summed E-state index contributed by atoms with van der Waals surface area (Å²) in [7, 11) is 0. The van der Waals surface area contributed by atoms with Crippen molar-refractivity contribution in [1.29, 1.82) is 0 Å². The summed E-state index contributed by atoms with van der Waals surface area (Å²) in [5.74, 6) is -0.353. The Hall–Kier alpha value is -1.94. The van der Waals surface area contributed by atoms with Gasteiger partial charge in [0.15, 0.2) is 5.78 Å². The lowest BCUT2D eigenvalue weighted by Crippen LogP contribution is -2.29. The molecule has 102 valence electrons. The molecule has 0 aliphatic rings. The molecule has 1 N–H and O–H groups in total. The molecular formula is C16H14BrNO2. The third-order valence-corrected chi connectivity index (χ3v) is 3.42. The second kappa shape index (κ2) is 6.48. The first-order chi connectivity index (χ1) is 9.56. The van der Waals surface area contributed by atoms with Crippen LogP contribution in [0.15, 0.2) is 53.0 Å². The predicted molar refractivity (Wildman–Crippen MR) is 82.0 cm³/mol. The van der Waals surface area contributed by atoms with E-state index in [9.17, 15) is 9.59 Å². The van der Waals surface area contributed by atoms with E-state index in [4.69, 9.17) is 0 Å². The highest BCUT2D eigenvalue weighted by Crippen LogP contribution is 2.10. The first-order valence-electron chi connectivity index (χ1n) is 6.20. The van der Waals surface area contributed by atoms with Crippen molar-refractivity contribution in [3.63, 3.8) is 0 Å². The van der Waals surface area contributed by atoms with Gasteiger partial charge >= 0.3 is 0 Å². The summed E-state index contributed by atoms with van der Waals surface area (Å²) in [5, 5.41) is 2.63. The molecule has 0 aliphatic heterocycles. The molecule has 4 heteroatoms. The fourth-order valence-electron chi connectivity index (χ4n) is 1.71. The maximum Gasteiger partial charge on any atom is 0.251 e. The third kappa shape index (κ3) is 3.78. The normalized spacial score (nSPS) is 10.1. The number of amides is 1. The summed E-state index contributed by atoms with van der Waals surface area (Å²) in [4.78, 5) is 23.8. The van der Waals surface area contributed by atoms with Gasteiger partial charge in [-0.15, -0.1) is 0 Å². The standard InChI is InChI=1S/C16H14BrNO2/c1-11-2-4-12(5-3-11)15(19)10-18-16(20)13-6-8-14(17)9-7-13/h2-9H,10H2,1H3,(H,18,20). The average molecular weight is 332 g/mol. The number of rotatable bonds is 4. The largest absolute Gasteiger partial charge is 0.345 e. The van der Waals surface area contributed by atoms with Gasteiger partial charge in [0.2, 0.25) is 0 Å². The van der Waals surface area contributed by atoms with Crippen molar-refractivity contribution in [3.8, 4) is 0 Å². The molecule has 20 heavy (non-hydrogen) atoms. The number of ketones is 1. The van der Waals surface area contributed by atoms with Gasteiger partial charge in [-0.25, -0.2) is 0 Å². The number of halogens is 1. The van der Waals surface area contributed by atoms with Crippen molar-refractivity contribution < 1.29 is 9.59 Å². The van der Waals surface area contributed by atoms with Crippen LogP contribution in [0.5, 0.6) is 0 Å². The fraction of sp³-hybridized carbons (Fsp3) is 0.125. The van der Waals surface area contributed by atoms with Crippen molar-refractivity contribution >= 4 is 27.6 Å². The molecule has 0 aromatic heterocycles. The van der Waals surface area contributed by atoms with Gasteiger partial charge in [-0.2, -0.15) is 0 Å². The van der Waals surface area contributed by atoms with Gasteiger partial charge in [-0.05, 0) is 31.2 Å². The highest BCUT2D eigenvalue weighted by molar-refractivity contribution is 9.10. The van der Waals surface area contributed by atoms with Gasteiger partial charge in [0.05, 0.1) is 6.54 Å². The van der Waals surface area contributed by atoms with Gasteiger partial charge in [0.1, 0.15) is 0 Å². The Morgan fingerprint density at radius 2 is 1.50 bits per heavy atom. The fourth-order valence-corrected chi connectivity index (χ4v) is 1.97. The van der Waals surface area contributed by atoms with Crippen molar-refractivity contribution in [3.05, 3.63) is 69.7 Å². The summed E-state index contributed by atoms with van der Waals surface area (Å²) in [6.07, 6.45) is 0. The smallest absolute Gasteiger partial charge is 0.251 e. The zero-order valence-corrected chi connectivity index (χ0v) is 12.6. The number of nitrogens with one attached hydrogen (secondary N) is 1. The van der Waals surface area contributed by atoms with E-state index in [0.717, 1.165) is 10.0 Å². The van der Waals surface area contributed by atoms with Crippen molar-refractivity contribution in [1.82, 2.24) is 5.32 Å². The molecule has 0 unspecified atom stereocenters. The molecule has 2 rings (SSSR count). The van der Waals surface area contributed by atoms with Crippen molar-refractivity contribution in [2.45, 2.75) is 6.92 Å². The number of benzene rings is 2. The van der Waals surface area contributed by atoms with Crippen LogP contribution in [0.2, 0.25) is 0 Å². The molecule has 0 saturated heterocycles. The molecule has 0 radical (unpaired) electrons. The lowest BCUT2D eigenvalue weighted by Gasteiger charge is -2.05. The Balaban J connectivity index is 1.94. The van der Waals surface area contributed by atoms with Gasteiger partial charge in [0.25, 0.3) is 5.91 Å². The second-order valence-electron chi connectivity index (χ2n) is 4.48. The van der Waals surface area contributed by atoms with E-state index in [1.54, 1.807) is 36.4 Å². The first-order valence-corrected chi connectivity index (χ1v) is 6.99. The molecule has 2 aromatic carbocycles. The van der Waals surface area contributed by atoms with E-state index in [0.29, 0.717) is 11.1 Å². The van der Waals surface area contributed by atoms with Crippen LogP contribution in [0.25, 0.3) is 0 Å². The number of carbonyl (C=O) groups excluding carboxylic acids is 2. The molecule has 3 nitrogen and oxygen atoms in total. The Kier molecular flexibility index (Phi) is 4.69.